The summed E-state index contributed by atoms with van der Waals surface area (Å²) in [4.78, 5) is 16.5. The van der Waals surface area contributed by atoms with Gasteiger partial charge in [-0.25, -0.2) is 10.4 Å². The summed E-state index contributed by atoms with van der Waals surface area (Å²) in [6, 6.07) is 16.9. The Morgan fingerprint density at radius 2 is 1.96 bits per heavy atom. The summed E-state index contributed by atoms with van der Waals surface area (Å²) in [6.07, 6.45) is 1.55. The van der Waals surface area contributed by atoms with E-state index in [1.165, 1.54) is 0 Å². The van der Waals surface area contributed by atoms with E-state index >= 15 is 0 Å². The highest BCUT2D eigenvalue weighted by atomic mass is 32.1. The van der Waals surface area contributed by atoms with Gasteiger partial charge in [0.25, 0.3) is 5.91 Å². The number of carbonyl (C=O) groups excluding carboxylic acids is 1. The predicted octanol–water partition coefficient (Wildman–Crippen LogP) is 3.59. The van der Waals surface area contributed by atoms with Crippen molar-refractivity contribution in [2.24, 2.45) is 5.10 Å². The fourth-order valence-electron chi connectivity index (χ4n) is 2.13. The molecule has 1 amide bonds. The normalized spacial score (nSPS) is 10.8. The van der Waals surface area contributed by atoms with Crippen molar-refractivity contribution in [2.75, 3.05) is 5.73 Å². The molecule has 0 spiro atoms. The summed E-state index contributed by atoms with van der Waals surface area (Å²) in [5.74, 6) is 1.11. The first-order valence-electron chi connectivity index (χ1n) is 7.51. The lowest BCUT2D eigenvalue weighted by atomic mass is 10.2. The van der Waals surface area contributed by atoms with E-state index in [2.05, 4.69) is 15.5 Å². The van der Waals surface area contributed by atoms with Gasteiger partial charge in [-0.3, -0.25) is 4.79 Å². The molecule has 0 aliphatic heterocycles. The molecule has 3 aromatic rings. The van der Waals surface area contributed by atoms with Crippen molar-refractivity contribution in [1.82, 2.24) is 10.4 Å². The molecule has 0 radical (unpaired) electrons. The molecule has 0 atom stereocenters. The third-order valence-corrected chi connectivity index (χ3v) is 4.22. The zero-order valence-electron chi connectivity index (χ0n) is 13.5. The van der Waals surface area contributed by atoms with Crippen molar-refractivity contribution < 1.29 is 9.53 Å². The maximum absolute atomic E-state index is 12.0. The van der Waals surface area contributed by atoms with Gasteiger partial charge in [-0.1, -0.05) is 41.7 Å². The Bertz CT molecular complexity index is 906. The Hall–Kier alpha value is -3.19. The average Bonchev–Trinajstić information content (AvgIpc) is 2.94. The maximum Gasteiger partial charge on any atom is 0.283 e. The molecule has 0 aliphatic carbocycles. The number of nitrogens with zero attached hydrogens (tertiary/aromatic N) is 2. The number of nitrogens with one attached hydrogen (secondary N) is 1. The fourth-order valence-corrected chi connectivity index (χ4v) is 2.85. The number of thiazole rings is 1. The Morgan fingerprint density at radius 3 is 2.68 bits per heavy atom. The number of aromatic nitrogens is 1. The topological polar surface area (TPSA) is 89.6 Å². The summed E-state index contributed by atoms with van der Waals surface area (Å²) in [7, 11) is 0. The van der Waals surface area contributed by atoms with Gasteiger partial charge in [-0.15, -0.1) is 0 Å². The molecule has 1 heterocycles. The highest BCUT2D eigenvalue weighted by Crippen LogP contribution is 2.21. The first kappa shape index (κ1) is 16.7. The van der Waals surface area contributed by atoms with Crippen LogP contribution in [0.4, 0.5) is 5.13 Å². The lowest BCUT2D eigenvalue weighted by Crippen LogP contribution is -2.17. The van der Waals surface area contributed by atoms with Crippen LogP contribution >= 0.6 is 11.3 Å². The van der Waals surface area contributed by atoms with Crippen molar-refractivity contribution >= 4 is 28.6 Å². The number of anilines is 1. The number of carbonyl (C=O) groups is 1. The van der Waals surface area contributed by atoms with Crippen LogP contribution in [0, 0.1) is 6.92 Å². The number of nitrogen functional groups attached to an aromatic ring is 1. The Kier molecular flexibility index (Phi) is 5.06. The molecular formula is C18H16N4O2S. The molecular weight excluding hydrogens is 336 g/mol. The van der Waals surface area contributed by atoms with Crippen LogP contribution in [0.2, 0.25) is 0 Å². The highest BCUT2D eigenvalue weighted by Gasteiger charge is 2.13. The predicted molar refractivity (Wildman–Crippen MR) is 99.3 cm³/mol. The number of aryl methyl sites for hydroxylation is 1. The van der Waals surface area contributed by atoms with Gasteiger partial charge in [-0.05, 0) is 36.8 Å². The van der Waals surface area contributed by atoms with Crippen LogP contribution in [0.5, 0.6) is 11.5 Å². The fraction of sp³-hybridized carbons (Fsp3) is 0.0556. The number of para-hydroxylation sites is 1. The van der Waals surface area contributed by atoms with E-state index in [9.17, 15) is 4.79 Å². The molecule has 126 valence electrons. The molecule has 0 aliphatic rings. The zero-order valence-corrected chi connectivity index (χ0v) is 14.3. The number of rotatable bonds is 5. The molecule has 3 rings (SSSR count). The van der Waals surface area contributed by atoms with E-state index in [1.54, 1.807) is 13.1 Å². The van der Waals surface area contributed by atoms with Crippen molar-refractivity contribution in [2.45, 2.75) is 6.92 Å². The molecule has 3 N–H and O–H groups in total. The minimum absolute atomic E-state index is 0.334. The van der Waals surface area contributed by atoms with Gasteiger partial charge in [0, 0.05) is 0 Å². The molecule has 0 fully saturated rings. The van der Waals surface area contributed by atoms with E-state index in [0.29, 0.717) is 21.5 Å². The molecule has 0 bridgehead atoms. The standard InChI is InChI=1S/C18H16N4O2S/c1-12-16(25-18(19)21-12)17(23)22-20-11-13-6-5-9-15(10-13)24-14-7-3-2-4-8-14/h2-11H,1H3,(H2,19,21)(H,22,23). The van der Waals surface area contributed by atoms with E-state index in [4.69, 9.17) is 10.5 Å². The largest absolute Gasteiger partial charge is 0.457 e. The van der Waals surface area contributed by atoms with Crippen LogP contribution in [-0.4, -0.2) is 17.1 Å². The minimum atomic E-state index is -0.334. The van der Waals surface area contributed by atoms with Gasteiger partial charge < -0.3 is 10.5 Å². The van der Waals surface area contributed by atoms with Crippen molar-refractivity contribution in [3.05, 3.63) is 70.7 Å². The van der Waals surface area contributed by atoms with Crippen molar-refractivity contribution in [1.29, 1.82) is 0 Å². The second-order valence-corrected chi connectivity index (χ2v) is 6.18. The van der Waals surface area contributed by atoms with Gasteiger partial charge in [-0.2, -0.15) is 5.10 Å². The molecule has 1 aromatic heterocycles. The smallest absolute Gasteiger partial charge is 0.283 e. The van der Waals surface area contributed by atoms with Crippen LogP contribution in [-0.2, 0) is 0 Å². The third-order valence-electron chi connectivity index (χ3n) is 3.24. The van der Waals surface area contributed by atoms with Crippen LogP contribution in [0.3, 0.4) is 0 Å². The lowest BCUT2D eigenvalue weighted by molar-refractivity contribution is 0.0958. The van der Waals surface area contributed by atoms with Crippen molar-refractivity contribution in [3.63, 3.8) is 0 Å². The SMILES string of the molecule is Cc1nc(N)sc1C(=O)NN=Cc1cccc(Oc2ccccc2)c1. The Labute approximate surface area is 149 Å². The minimum Gasteiger partial charge on any atom is -0.457 e. The van der Waals surface area contributed by atoms with E-state index in [1.807, 2.05) is 54.6 Å². The summed E-state index contributed by atoms with van der Waals surface area (Å²) in [5, 5.41) is 4.33. The molecule has 2 aromatic carbocycles. The molecule has 7 heteroatoms. The van der Waals surface area contributed by atoms with Gasteiger partial charge in [0.2, 0.25) is 0 Å². The maximum atomic E-state index is 12.0. The number of hydrogen-bond acceptors (Lipinski definition) is 6. The first-order valence-corrected chi connectivity index (χ1v) is 8.33. The summed E-state index contributed by atoms with van der Waals surface area (Å²) >= 11 is 1.13. The van der Waals surface area contributed by atoms with Crippen molar-refractivity contribution in [3.8, 4) is 11.5 Å². The number of hydrogen-bond donors (Lipinski definition) is 2. The molecule has 0 saturated carbocycles. The van der Waals surface area contributed by atoms with Gasteiger partial charge >= 0.3 is 0 Å². The third kappa shape index (κ3) is 4.42. The quantitative estimate of drug-likeness (QED) is 0.542. The second kappa shape index (κ2) is 7.59. The van der Waals surface area contributed by atoms with E-state index in [0.717, 1.165) is 22.6 Å². The number of nitrogens with two attached hydrogens (primary N) is 1. The van der Waals surface area contributed by atoms with E-state index in [-0.39, 0.29) is 5.91 Å². The molecule has 6 nitrogen and oxygen atoms in total. The van der Waals surface area contributed by atoms with Gasteiger partial charge in [0.15, 0.2) is 5.13 Å². The highest BCUT2D eigenvalue weighted by molar-refractivity contribution is 7.17. The van der Waals surface area contributed by atoms with Gasteiger partial charge in [0.05, 0.1) is 11.9 Å². The molecule has 25 heavy (non-hydrogen) atoms. The average molecular weight is 352 g/mol. The lowest BCUT2D eigenvalue weighted by Gasteiger charge is -2.05. The van der Waals surface area contributed by atoms with Crippen LogP contribution < -0.4 is 15.9 Å². The summed E-state index contributed by atoms with van der Waals surface area (Å²) in [6.45, 7) is 1.73. The van der Waals surface area contributed by atoms with Crippen LogP contribution in [0.25, 0.3) is 0 Å². The summed E-state index contributed by atoms with van der Waals surface area (Å²) < 4.78 is 5.76. The van der Waals surface area contributed by atoms with E-state index < -0.39 is 0 Å². The van der Waals surface area contributed by atoms with Gasteiger partial charge in [0.1, 0.15) is 16.4 Å². The Morgan fingerprint density at radius 1 is 1.20 bits per heavy atom. The number of benzene rings is 2. The summed E-state index contributed by atoms with van der Waals surface area (Å²) in [5.41, 5.74) is 9.46. The number of hydrazone groups is 1. The number of ether oxygens (including phenoxy) is 1. The van der Waals surface area contributed by atoms with Crippen LogP contribution in [0.1, 0.15) is 20.9 Å². The second-order valence-electron chi connectivity index (χ2n) is 5.15. The molecule has 0 saturated heterocycles. The zero-order chi connectivity index (χ0) is 17.6. The monoisotopic (exact) mass is 352 g/mol. The van der Waals surface area contributed by atoms with Crippen LogP contribution in [0.15, 0.2) is 59.7 Å². The first-order chi connectivity index (χ1) is 12.1. The number of amides is 1. The molecule has 0 unspecified atom stereocenters. The Balaban J connectivity index is 1.64.